The second kappa shape index (κ2) is 11.7. The fourth-order valence-corrected chi connectivity index (χ4v) is 1.78. The molecule has 122 valence electrons. The Bertz CT molecular complexity index is 352. The monoisotopic (exact) mass is 299 g/mol. The summed E-state index contributed by atoms with van der Waals surface area (Å²) < 4.78 is 21.3. The van der Waals surface area contributed by atoms with E-state index in [2.05, 4.69) is 19.2 Å². The van der Waals surface area contributed by atoms with Gasteiger partial charge in [-0.05, 0) is 24.9 Å². The van der Waals surface area contributed by atoms with Gasteiger partial charge in [0.2, 0.25) is 0 Å². The van der Waals surface area contributed by atoms with Crippen LogP contribution >= 0.6 is 0 Å². The zero-order chi connectivity index (χ0) is 15.3. The maximum absolute atomic E-state index is 5.56. The van der Waals surface area contributed by atoms with Gasteiger partial charge in [0.25, 0.3) is 0 Å². The molecule has 0 fully saturated rings. The van der Waals surface area contributed by atoms with Crippen molar-refractivity contribution in [2.24, 2.45) is 5.92 Å². The van der Waals surface area contributed by atoms with E-state index in [1.807, 2.05) is 6.07 Å². The Morgan fingerprint density at radius 3 is 2.71 bits per heavy atom. The molecule has 0 unspecified atom stereocenters. The minimum atomic E-state index is 0.516. The predicted molar refractivity (Wildman–Crippen MR) is 82.2 cm³/mol. The quantitative estimate of drug-likeness (QED) is 0.567. The zero-order valence-corrected chi connectivity index (χ0v) is 13.5. The molecule has 0 aromatic carbocycles. The third-order valence-corrected chi connectivity index (χ3v) is 2.84. The van der Waals surface area contributed by atoms with Crippen molar-refractivity contribution in [2.75, 3.05) is 40.1 Å². The van der Waals surface area contributed by atoms with Crippen molar-refractivity contribution in [1.82, 2.24) is 5.32 Å². The Morgan fingerprint density at radius 2 is 1.95 bits per heavy atom. The van der Waals surface area contributed by atoms with Crippen LogP contribution < -0.4 is 5.32 Å². The molecule has 1 heterocycles. The normalized spacial score (nSPS) is 11.4. The van der Waals surface area contributed by atoms with Gasteiger partial charge in [-0.1, -0.05) is 13.8 Å². The van der Waals surface area contributed by atoms with E-state index in [-0.39, 0.29) is 0 Å². The summed E-state index contributed by atoms with van der Waals surface area (Å²) >= 11 is 0. The summed E-state index contributed by atoms with van der Waals surface area (Å²) in [6.07, 6.45) is 2.67. The van der Waals surface area contributed by atoms with Crippen LogP contribution in [0.4, 0.5) is 0 Å². The highest BCUT2D eigenvalue weighted by molar-refractivity contribution is 5.11. The first-order chi connectivity index (χ1) is 10.2. The van der Waals surface area contributed by atoms with Crippen molar-refractivity contribution >= 4 is 0 Å². The zero-order valence-electron chi connectivity index (χ0n) is 13.5. The van der Waals surface area contributed by atoms with Gasteiger partial charge in [0.15, 0.2) is 0 Å². The van der Waals surface area contributed by atoms with E-state index in [0.29, 0.717) is 39.0 Å². The van der Waals surface area contributed by atoms with Gasteiger partial charge in [-0.25, -0.2) is 0 Å². The number of furan rings is 1. The lowest BCUT2D eigenvalue weighted by Gasteiger charge is -2.05. The minimum Gasteiger partial charge on any atom is -0.467 e. The number of methoxy groups -OCH3 is 1. The maximum atomic E-state index is 5.56. The van der Waals surface area contributed by atoms with Crippen LogP contribution in [0.2, 0.25) is 0 Å². The molecule has 1 aromatic heterocycles. The van der Waals surface area contributed by atoms with Crippen LogP contribution in [0.5, 0.6) is 0 Å². The summed E-state index contributed by atoms with van der Waals surface area (Å²) in [4.78, 5) is 0. The largest absolute Gasteiger partial charge is 0.467 e. The molecule has 5 nitrogen and oxygen atoms in total. The minimum absolute atomic E-state index is 0.516. The maximum Gasteiger partial charge on any atom is 0.129 e. The van der Waals surface area contributed by atoms with Crippen molar-refractivity contribution in [2.45, 2.75) is 33.4 Å². The van der Waals surface area contributed by atoms with Gasteiger partial charge in [0, 0.05) is 32.4 Å². The highest BCUT2D eigenvalue weighted by atomic mass is 16.5. The number of rotatable bonds is 13. The summed E-state index contributed by atoms with van der Waals surface area (Å²) in [5, 5.41) is 3.39. The summed E-state index contributed by atoms with van der Waals surface area (Å²) in [5.74, 6) is 1.53. The van der Waals surface area contributed by atoms with Crippen molar-refractivity contribution in [3.63, 3.8) is 0 Å². The van der Waals surface area contributed by atoms with Gasteiger partial charge in [-0.15, -0.1) is 0 Å². The van der Waals surface area contributed by atoms with E-state index < -0.39 is 0 Å². The highest BCUT2D eigenvalue weighted by Crippen LogP contribution is 2.09. The lowest BCUT2D eigenvalue weighted by molar-refractivity contribution is 0.0453. The Balaban J connectivity index is 2.01. The summed E-state index contributed by atoms with van der Waals surface area (Å²) in [7, 11) is 1.67. The highest BCUT2D eigenvalue weighted by Gasteiger charge is 2.02. The molecule has 0 aliphatic carbocycles. The third kappa shape index (κ3) is 9.63. The van der Waals surface area contributed by atoms with Crippen LogP contribution in [-0.2, 0) is 27.4 Å². The van der Waals surface area contributed by atoms with Crippen molar-refractivity contribution < 1.29 is 18.6 Å². The molecule has 0 aliphatic rings. The smallest absolute Gasteiger partial charge is 0.129 e. The van der Waals surface area contributed by atoms with Crippen molar-refractivity contribution in [1.29, 1.82) is 0 Å². The first kappa shape index (κ1) is 18.2. The molecule has 0 saturated carbocycles. The molecule has 1 N–H and O–H groups in total. The summed E-state index contributed by atoms with van der Waals surface area (Å²) in [6, 6.07) is 2.04. The number of hydrogen-bond acceptors (Lipinski definition) is 5. The average Bonchev–Trinajstić information content (AvgIpc) is 2.89. The Kier molecular flexibility index (Phi) is 10.2. The second-order valence-corrected chi connectivity index (χ2v) is 5.46. The standard InChI is InChI=1S/C16H29NO4/c1-14(2)10-17-11-15-9-16(21-12-15)13-20-6-4-5-19-8-7-18-3/h9,12,14,17H,4-8,10-11,13H2,1-3H3. The Morgan fingerprint density at radius 1 is 1.14 bits per heavy atom. The molecular weight excluding hydrogens is 270 g/mol. The van der Waals surface area contributed by atoms with Gasteiger partial charge in [0.05, 0.1) is 19.5 Å². The molecule has 0 amide bonds. The van der Waals surface area contributed by atoms with Crippen molar-refractivity contribution in [3.8, 4) is 0 Å². The molecule has 5 heteroatoms. The topological polar surface area (TPSA) is 52.9 Å². The molecule has 21 heavy (non-hydrogen) atoms. The molecule has 0 spiro atoms. The molecule has 1 aromatic rings. The molecule has 0 bridgehead atoms. The van der Waals surface area contributed by atoms with E-state index in [1.54, 1.807) is 13.4 Å². The van der Waals surface area contributed by atoms with Gasteiger partial charge < -0.3 is 23.9 Å². The van der Waals surface area contributed by atoms with Crippen LogP contribution in [0.3, 0.4) is 0 Å². The molecule has 0 atom stereocenters. The van der Waals surface area contributed by atoms with Crippen LogP contribution in [0.1, 0.15) is 31.6 Å². The SMILES string of the molecule is COCCOCCCOCc1cc(CNCC(C)C)co1. The molecule has 0 aliphatic heterocycles. The predicted octanol–water partition coefficient (Wildman–Crippen LogP) is 2.59. The molecule has 1 rings (SSSR count). The first-order valence-electron chi connectivity index (χ1n) is 7.63. The number of hydrogen-bond donors (Lipinski definition) is 1. The lowest BCUT2D eigenvalue weighted by Crippen LogP contribution is -2.18. The number of nitrogens with one attached hydrogen (secondary N) is 1. The number of ether oxygens (including phenoxy) is 3. The molecular formula is C16H29NO4. The summed E-state index contributed by atoms with van der Waals surface area (Å²) in [5.41, 5.74) is 1.16. The molecule has 0 radical (unpaired) electrons. The fourth-order valence-electron chi connectivity index (χ4n) is 1.78. The van der Waals surface area contributed by atoms with Crippen LogP contribution in [0, 0.1) is 5.92 Å². The Labute approximate surface area is 127 Å². The van der Waals surface area contributed by atoms with Crippen LogP contribution in [-0.4, -0.2) is 40.1 Å². The van der Waals surface area contributed by atoms with Gasteiger partial charge in [-0.2, -0.15) is 0 Å². The van der Waals surface area contributed by atoms with Gasteiger partial charge in [0.1, 0.15) is 12.4 Å². The fraction of sp³-hybridized carbons (Fsp3) is 0.750. The van der Waals surface area contributed by atoms with Gasteiger partial charge in [-0.3, -0.25) is 0 Å². The third-order valence-electron chi connectivity index (χ3n) is 2.84. The lowest BCUT2D eigenvalue weighted by atomic mass is 10.2. The van der Waals surface area contributed by atoms with E-state index in [9.17, 15) is 0 Å². The first-order valence-corrected chi connectivity index (χ1v) is 7.63. The van der Waals surface area contributed by atoms with E-state index in [4.69, 9.17) is 18.6 Å². The average molecular weight is 299 g/mol. The second-order valence-electron chi connectivity index (χ2n) is 5.46. The van der Waals surface area contributed by atoms with Crippen LogP contribution in [0.25, 0.3) is 0 Å². The Hall–Kier alpha value is -0.880. The summed E-state index contributed by atoms with van der Waals surface area (Å²) in [6.45, 7) is 9.42. The van der Waals surface area contributed by atoms with Crippen molar-refractivity contribution in [3.05, 3.63) is 23.7 Å². The molecule has 0 saturated heterocycles. The van der Waals surface area contributed by atoms with Crippen LogP contribution in [0.15, 0.2) is 16.7 Å². The van der Waals surface area contributed by atoms with E-state index in [1.165, 1.54) is 0 Å². The van der Waals surface area contributed by atoms with Gasteiger partial charge >= 0.3 is 0 Å². The van der Waals surface area contributed by atoms with E-state index >= 15 is 0 Å². The van der Waals surface area contributed by atoms with E-state index in [0.717, 1.165) is 30.8 Å².